The van der Waals surface area contributed by atoms with Gasteiger partial charge in [0.2, 0.25) is 0 Å². The lowest BCUT2D eigenvalue weighted by Gasteiger charge is -2.06. The predicted molar refractivity (Wildman–Crippen MR) is 72.1 cm³/mol. The fourth-order valence-corrected chi connectivity index (χ4v) is 2.30. The first-order chi connectivity index (χ1) is 8.79. The highest BCUT2D eigenvalue weighted by Gasteiger charge is 2.06. The molecule has 0 amide bonds. The first-order valence-electron chi connectivity index (χ1n) is 5.87. The Morgan fingerprint density at radius 2 is 2.17 bits per heavy atom. The number of pyridine rings is 1. The Balaban J connectivity index is 2.10. The van der Waals surface area contributed by atoms with E-state index in [4.69, 9.17) is 0 Å². The van der Waals surface area contributed by atoms with Crippen molar-refractivity contribution in [3.63, 3.8) is 0 Å². The summed E-state index contributed by atoms with van der Waals surface area (Å²) < 4.78 is 13.9. The molecule has 0 bridgehead atoms. The number of nitrogens with one attached hydrogen (secondary N) is 1. The largest absolute Gasteiger partial charge is 0.313 e. The van der Waals surface area contributed by atoms with Crippen molar-refractivity contribution in [2.45, 2.75) is 23.4 Å². The normalized spacial score (nSPS) is 10.6. The summed E-state index contributed by atoms with van der Waals surface area (Å²) in [6.45, 7) is 3.61. The van der Waals surface area contributed by atoms with Crippen molar-refractivity contribution in [3.8, 4) is 0 Å². The molecule has 1 aromatic carbocycles. The zero-order chi connectivity index (χ0) is 12.8. The minimum Gasteiger partial charge on any atom is -0.313 e. The molecule has 94 valence electrons. The highest BCUT2D eigenvalue weighted by Crippen LogP contribution is 2.28. The Kier molecular flexibility index (Phi) is 4.73. The van der Waals surface area contributed by atoms with Crippen LogP contribution in [0.2, 0.25) is 0 Å². The van der Waals surface area contributed by atoms with Gasteiger partial charge in [-0.05, 0) is 36.4 Å². The van der Waals surface area contributed by atoms with Gasteiger partial charge in [-0.3, -0.25) is 0 Å². The number of hydrogen-bond donors (Lipinski definition) is 1. The topological polar surface area (TPSA) is 24.9 Å². The van der Waals surface area contributed by atoms with Gasteiger partial charge in [-0.25, -0.2) is 9.37 Å². The van der Waals surface area contributed by atoms with Crippen LogP contribution in [-0.2, 0) is 6.54 Å². The van der Waals surface area contributed by atoms with E-state index in [9.17, 15) is 4.39 Å². The van der Waals surface area contributed by atoms with E-state index in [2.05, 4.69) is 10.3 Å². The fourth-order valence-electron chi connectivity index (χ4n) is 1.53. The Bertz CT molecular complexity index is 502. The molecule has 0 fully saturated rings. The predicted octanol–water partition coefficient (Wildman–Crippen LogP) is 3.48. The molecule has 0 atom stereocenters. The summed E-state index contributed by atoms with van der Waals surface area (Å²) in [4.78, 5) is 4.78. The van der Waals surface area contributed by atoms with Crippen molar-refractivity contribution in [3.05, 3.63) is 54.0 Å². The van der Waals surface area contributed by atoms with Gasteiger partial charge in [-0.1, -0.05) is 30.8 Å². The molecular weight excluding hydrogens is 247 g/mol. The second-order valence-electron chi connectivity index (χ2n) is 3.82. The second kappa shape index (κ2) is 6.52. The van der Waals surface area contributed by atoms with E-state index in [0.29, 0.717) is 11.4 Å². The van der Waals surface area contributed by atoms with Crippen LogP contribution in [-0.4, -0.2) is 11.5 Å². The zero-order valence-corrected chi connectivity index (χ0v) is 11.0. The number of benzene rings is 1. The van der Waals surface area contributed by atoms with Crippen molar-refractivity contribution in [1.29, 1.82) is 0 Å². The summed E-state index contributed by atoms with van der Waals surface area (Å²) in [6, 6.07) is 10.9. The van der Waals surface area contributed by atoms with Gasteiger partial charge in [0.15, 0.2) is 0 Å². The Hall–Kier alpha value is -1.39. The lowest BCUT2D eigenvalue weighted by Crippen LogP contribution is -2.11. The average molecular weight is 262 g/mol. The summed E-state index contributed by atoms with van der Waals surface area (Å²) in [7, 11) is 0. The Labute approximate surface area is 111 Å². The Morgan fingerprint density at radius 1 is 1.28 bits per heavy atom. The molecule has 4 heteroatoms. The van der Waals surface area contributed by atoms with Gasteiger partial charge in [-0.15, -0.1) is 0 Å². The third-order valence-corrected chi connectivity index (χ3v) is 3.43. The van der Waals surface area contributed by atoms with Gasteiger partial charge in [-0.2, -0.15) is 0 Å². The molecule has 1 N–H and O–H groups in total. The molecule has 0 aliphatic carbocycles. The van der Waals surface area contributed by atoms with Crippen LogP contribution in [0.3, 0.4) is 0 Å². The van der Waals surface area contributed by atoms with E-state index in [1.54, 1.807) is 18.3 Å². The maximum absolute atomic E-state index is 13.9. The minimum absolute atomic E-state index is 0.193. The number of halogens is 1. The van der Waals surface area contributed by atoms with Gasteiger partial charge in [0.25, 0.3) is 0 Å². The van der Waals surface area contributed by atoms with E-state index in [0.717, 1.165) is 17.1 Å². The number of nitrogens with zero attached hydrogens (tertiary/aromatic N) is 1. The van der Waals surface area contributed by atoms with Crippen LogP contribution in [0.15, 0.2) is 52.5 Å². The maximum Gasteiger partial charge on any atom is 0.137 e. The molecule has 0 aliphatic heterocycles. The fraction of sp³-hybridized carbons (Fsp3) is 0.214. The van der Waals surface area contributed by atoms with E-state index in [1.807, 2.05) is 31.2 Å². The van der Waals surface area contributed by atoms with Crippen LogP contribution in [0.25, 0.3) is 0 Å². The Morgan fingerprint density at radius 3 is 2.83 bits per heavy atom. The van der Waals surface area contributed by atoms with Gasteiger partial charge in [0, 0.05) is 17.6 Å². The molecule has 0 radical (unpaired) electrons. The third-order valence-electron chi connectivity index (χ3n) is 2.43. The molecule has 1 heterocycles. The standard InChI is InChI=1S/C14H15FN2S/c1-2-16-10-11-6-7-13(12(15)9-11)18-14-5-3-4-8-17-14/h3-9,16H,2,10H2,1H3. The van der Waals surface area contributed by atoms with Crippen LogP contribution in [0.5, 0.6) is 0 Å². The van der Waals surface area contributed by atoms with E-state index >= 15 is 0 Å². The molecular formula is C14H15FN2S. The summed E-state index contributed by atoms with van der Waals surface area (Å²) >= 11 is 1.34. The van der Waals surface area contributed by atoms with E-state index in [1.165, 1.54) is 11.8 Å². The van der Waals surface area contributed by atoms with Crippen LogP contribution in [0.1, 0.15) is 12.5 Å². The van der Waals surface area contributed by atoms with E-state index in [-0.39, 0.29) is 5.82 Å². The van der Waals surface area contributed by atoms with Crippen molar-refractivity contribution in [1.82, 2.24) is 10.3 Å². The molecule has 2 aromatic rings. The van der Waals surface area contributed by atoms with Crippen molar-refractivity contribution < 1.29 is 4.39 Å². The monoisotopic (exact) mass is 262 g/mol. The van der Waals surface area contributed by atoms with Crippen molar-refractivity contribution in [2.24, 2.45) is 0 Å². The van der Waals surface area contributed by atoms with Crippen LogP contribution in [0.4, 0.5) is 4.39 Å². The number of rotatable bonds is 5. The second-order valence-corrected chi connectivity index (χ2v) is 4.88. The quantitative estimate of drug-likeness (QED) is 0.893. The molecule has 2 nitrogen and oxygen atoms in total. The summed E-state index contributed by atoms with van der Waals surface area (Å²) in [5, 5.41) is 3.98. The van der Waals surface area contributed by atoms with Crippen molar-refractivity contribution >= 4 is 11.8 Å². The number of aromatic nitrogens is 1. The zero-order valence-electron chi connectivity index (χ0n) is 10.2. The lowest BCUT2D eigenvalue weighted by molar-refractivity contribution is 0.596. The minimum atomic E-state index is -0.193. The average Bonchev–Trinajstić information content (AvgIpc) is 2.40. The van der Waals surface area contributed by atoms with Crippen LogP contribution >= 0.6 is 11.8 Å². The maximum atomic E-state index is 13.9. The van der Waals surface area contributed by atoms with Crippen LogP contribution in [0, 0.1) is 5.82 Å². The molecule has 18 heavy (non-hydrogen) atoms. The third kappa shape index (κ3) is 3.55. The summed E-state index contributed by atoms with van der Waals surface area (Å²) in [5.41, 5.74) is 0.958. The SMILES string of the molecule is CCNCc1ccc(Sc2ccccn2)c(F)c1. The van der Waals surface area contributed by atoms with Gasteiger partial charge < -0.3 is 5.32 Å². The van der Waals surface area contributed by atoms with Crippen LogP contribution < -0.4 is 5.32 Å². The number of hydrogen-bond acceptors (Lipinski definition) is 3. The van der Waals surface area contributed by atoms with E-state index < -0.39 is 0 Å². The van der Waals surface area contributed by atoms with Gasteiger partial charge in [0.1, 0.15) is 10.8 Å². The molecule has 1 aromatic heterocycles. The first kappa shape index (κ1) is 13.1. The molecule has 0 aliphatic rings. The van der Waals surface area contributed by atoms with Gasteiger partial charge in [0.05, 0.1) is 0 Å². The summed E-state index contributed by atoms with van der Waals surface area (Å²) in [5.74, 6) is -0.193. The smallest absolute Gasteiger partial charge is 0.137 e. The molecule has 2 rings (SSSR count). The van der Waals surface area contributed by atoms with Crippen molar-refractivity contribution in [2.75, 3.05) is 6.54 Å². The van der Waals surface area contributed by atoms with Gasteiger partial charge >= 0.3 is 0 Å². The highest BCUT2D eigenvalue weighted by molar-refractivity contribution is 7.99. The molecule has 0 saturated heterocycles. The molecule has 0 unspecified atom stereocenters. The lowest BCUT2D eigenvalue weighted by atomic mass is 10.2. The molecule has 0 saturated carbocycles. The molecule has 0 spiro atoms. The first-order valence-corrected chi connectivity index (χ1v) is 6.69. The highest BCUT2D eigenvalue weighted by atomic mass is 32.2. The summed E-state index contributed by atoms with van der Waals surface area (Å²) in [6.07, 6.45) is 1.71.